The minimum absolute atomic E-state index is 0.483. The molecule has 1 aromatic heterocycles. The van der Waals surface area contributed by atoms with Crippen molar-refractivity contribution >= 4 is 11.0 Å². The molecule has 2 aromatic rings. The van der Waals surface area contributed by atoms with Gasteiger partial charge in [0.2, 0.25) is 0 Å². The van der Waals surface area contributed by atoms with Gasteiger partial charge in [0.05, 0.1) is 6.54 Å². The van der Waals surface area contributed by atoms with E-state index in [-0.39, 0.29) is 0 Å². The standard InChI is InChI=1S/C13H17NO/c1-9(2)7-11-10-5-3-4-6-12(10)15-13(11)8-14/h3-6,9H,7-8,14H2,1-2H3. The van der Waals surface area contributed by atoms with Crippen LogP contribution < -0.4 is 5.73 Å². The summed E-state index contributed by atoms with van der Waals surface area (Å²) in [5.74, 6) is 1.56. The Morgan fingerprint density at radius 3 is 2.67 bits per heavy atom. The van der Waals surface area contributed by atoms with Crippen LogP contribution in [0, 0.1) is 5.92 Å². The first kappa shape index (κ1) is 10.2. The highest BCUT2D eigenvalue weighted by Crippen LogP contribution is 2.27. The van der Waals surface area contributed by atoms with Crippen LogP contribution >= 0.6 is 0 Å². The molecule has 0 amide bonds. The number of hydrogen-bond acceptors (Lipinski definition) is 2. The maximum absolute atomic E-state index is 5.72. The molecule has 2 rings (SSSR count). The normalized spacial score (nSPS) is 11.5. The van der Waals surface area contributed by atoms with Gasteiger partial charge in [-0.2, -0.15) is 0 Å². The molecule has 0 bridgehead atoms. The fourth-order valence-electron chi connectivity index (χ4n) is 1.95. The summed E-state index contributed by atoms with van der Waals surface area (Å²) >= 11 is 0. The molecule has 0 atom stereocenters. The average molecular weight is 203 g/mol. The monoisotopic (exact) mass is 203 g/mol. The minimum atomic E-state index is 0.483. The third-order valence-corrected chi connectivity index (χ3v) is 2.58. The van der Waals surface area contributed by atoms with Crippen molar-refractivity contribution in [1.29, 1.82) is 0 Å². The van der Waals surface area contributed by atoms with Crippen LogP contribution in [0.15, 0.2) is 28.7 Å². The summed E-state index contributed by atoms with van der Waals surface area (Å²) in [5.41, 5.74) is 7.93. The Bertz CT molecular complexity index is 457. The number of hydrogen-bond donors (Lipinski definition) is 1. The van der Waals surface area contributed by atoms with Gasteiger partial charge in [0, 0.05) is 10.9 Å². The second-order valence-corrected chi connectivity index (χ2v) is 4.30. The highest BCUT2D eigenvalue weighted by atomic mass is 16.3. The van der Waals surface area contributed by atoms with E-state index in [1.807, 2.05) is 18.2 Å². The number of nitrogens with two attached hydrogens (primary N) is 1. The Hall–Kier alpha value is -1.28. The highest BCUT2D eigenvalue weighted by Gasteiger charge is 2.13. The first-order chi connectivity index (χ1) is 7.22. The average Bonchev–Trinajstić information content (AvgIpc) is 2.56. The van der Waals surface area contributed by atoms with Crippen LogP contribution in [0.4, 0.5) is 0 Å². The molecular formula is C13H17NO. The van der Waals surface area contributed by atoms with Crippen molar-refractivity contribution in [3.05, 3.63) is 35.6 Å². The summed E-state index contributed by atoms with van der Waals surface area (Å²) < 4.78 is 5.72. The maximum atomic E-state index is 5.72. The second-order valence-electron chi connectivity index (χ2n) is 4.30. The smallest absolute Gasteiger partial charge is 0.134 e. The van der Waals surface area contributed by atoms with E-state index in [1.54, 1.807) is 0 Å². The summed E-state index contributed by atoms with van der Waals surface area (Å²) in [6.07, 6.45) is 1.03. The molecule has 0 aliphatic rings. The SMILES string of the molecule is CC(C)Cc1c(CN)oc2ccccc12. The van der Waals surface area contributed by atoms with E-state index in [9.17, 15) is 0 Å². The van der Waals surface area contributed by atoms with Crippen molar-refractivity contribution in [2.45, 2.75) is 26.8 Å². The van der Waals surface area contributed by atoms with Crippen molar-refractivity contribution in [2.24, 2.45) is 11.7 Å². The molecule has 0 aliphatic heterocycles. The first-order valence-corrected chi connectivity index (χ1v) is 5.41. The van der Waals surface area contributed by atoms with E-state index in [0.29, 0.717) is 12.5 Å². The molecule has 0 saturated heterocycles. The number of fused-ring (bicyclic) bond motifs is 1. The summed E-state index contributed by atoms with van der Waals surface area (Å²) in [5, 5.41) is 1.21. The number of benzene rings is 1. The van der Waals surface area contributed by atoms with Crippen LogP contribution in [0.1, 0.15) is 25.2 Å². The summed E-state index contributed by atoms with van der Waals surface area (Å²) in [6, 6.07) is 8.14. The van der Waals surface area contributed by atoms with Crippen molar-refractivity contribution in [3.8, 4) is 0 Å². The molecule has 2 heteroatoms. The van der Waals surface area contributed by atoms with Crippen LogP contribution in [0.3, 0.4) is 0 Å². The van der Waals surface area contributed by atoms with Crippen molar-refractivity contribution < 1.29 is 4.42 Å². The van der Waals surface area contributed by atoms with E-state index in [1.165, 1.54) is 10.9 Å². The highest BCUT2D eigenvalue weighted by molar-refractivity contribution is 5.82. The van der Waals surface area contributed by atoms with E-state index >= 15 is 0 Å². The van der Waals surface area contributed by atoms with Crippen LogP contribution in [0.25, 0.3) is 11.0 Å². The topological polar surface area (TPSA) is 39.2 Å². The largest absolute Gasteiger partial charge is 0.459 e. The molecular weight excluding hydrogens is 186 g/mol. The zero-order valence-electron chi connectivity index (χ0n) is 9.29. The Labute approximate surface area is 90.1 Å². The van der Waals surface area contributed by atoms with E-state index in [4.69, 9.17) is 10.2 Å². The first-order valence-electron chi connectivity index (χ1n) is 5.41. The molecule has 2 nitrogen and oxygen atoms in total. The van der Waals surface area contributed by atoms with Gasteiger partial charge in [-0.15, -0.1) is 0 Å². The lowest BCUT2D eigenvalue weighted by Crippen LogP contribution is -2.01. The van der Waals surface area contributed by atoms with Crippen LogP contribution in [-0.2, 0) is 13.0 Å². The van der Waals surface area contributed by atoms with E-state index < -0.39 is 0 Å². The molecule has 1 aromatic carbocycles. The van der Waals surface area contributed by atoms with Crippen molar-refractivity contribution in [2.75, 3.05) is 0 Å². The van der Waals surface area contributed by atoms with Gasteiger partial charge in [-0.05, 0) is 18.4 Å². The maximum Gasteiger partial charge on any atom is 0.134 e. The number of para-hydroxylation sites is 1. The van der Waals surface area contributed by atoms with Gasteiger partial charge in [0.25, 0.3) is 0 Å². The molecule has 0 aliphatic carbocycles. The predicted molar refractivity (Wildman–Crippen MR) is 62.6 cm³/mol. The summed E-state index contributed by atoms with van der Waals surface area (Å²) in [6.45, 7) is 4.90. The van der Waals surface area contributed by atoms with Gasteiger partial charge in [-0.25, -0.2) is 0 Å². The molecule has 0 radical (unpaired) electrons. The quantitative estimate of drug-likeness (QED) is 0.832. The summed E-state index contributed by atoms with van der Waals surface area (Å²) in [4.78, 5) is 0. The van der Waals surface area contributed by atoms with Crippen molar-refractivity contribution in [1.82, 2.24) is 0 Å². The number of furan rings is 1. The Morgan fingerprint density at radius 2 is 2.00 bits per heavy atom. The Morgan fingerprint density at radius 1 is 1.27 bits per heavy atom. The molecule has 0 fully saturated rings. The fourth-order valence-corrected chi connectivity index (χ4v) is 1.95. The van der Waals surface area contributed by atoms with Gasteiger partial charge in [0.1, 0.15) is 11.3 Å². The van der Waals surface area contributed by atoms with Gasteiger partial charge < -0.3 is 10.2 Å². The zero-order chi connectivity index (χ0) is 10.8. The Kier molecular flexibility index (Phi) is 2.78. The molecule has 15 heavy (non-hydrogen) atoms. The second kappa shape index (κ2) is 4.07. The van der Waals surface area contributed by atoms with Crippen molar-refractivity contribution in [3.63, 3.8) is 0 Å². The molecule has 0 saturated carbocycles. The minimum Gasteiger partial charge on any atom is -0.459 e. The Balaban J connectivity index is 2.56. The lowest BCUT2D eigenvalue weighted by Gasteiger charge is -2.04. The third kappa shape index (κ3) is 1.90. The lowest BCUT2D eigenvalue weighted by atomic mass is 10.00. The summed E-state index contributed by atoms with van der Waals surface area (Å²) in [7, 11) is 0. The van der Waals surface area contributed by atoms with Gasteiger partial charge in [0.15, 0.2) is 0 Å². The predicted octanol–water partition coefficient (Wildman–Crippen LogP) is 3.09. The fraction of sp³-hybridized carbons (Fsp3) is 0.385. The number of rotatable bonds is 3. The molecule has 0 unspecified atom stereocenters. The molecule has 1 heterocycles. The van der Waals surface area contributed by atoms with E-state index in [2.05, 4.69) is 19.9 Å². The van der Waals surface area contributed by atoms with Gasteiger partial charge in [-0.3, -0.25) is 0 Å². The molecule has 80 valence electrons. The lowest BCUT2D eigenvalue weighted by molar-refractivity contribution is 0.535. The zero-order valence-corrected chi connectivity index (χ0v) is 9.29. The van der Waals surface area contributed by atoms with Gasteiger partial charge >= 0.3 is 0 Å². The van der Waals surface area contributed by atoms with Crippen LogP contribution in [0.5, 0.6) is 0 Å². The van der Waals surface area contributed by atoms with Crippen LogP contribution in [0.2, 0.25) is 0 Å². The molecule has 0 spiro atoms. The van der Waals surface area contributed by atoms with Crippen LogP contribution in [-0.4, -0.2) is 0 Å². The van der Waals surface area contributed by atoms with E-state index in [0.717, 1.165) is 17.8 Å². The van der Waals surface area contributed by atoms with Gasteiger partial charge in [-0.1, -0.05) is 32.0 Å². The third-order valence-electron chi connectivity index (χ3n) is 2.58. The molecule has 2 N–H and O–H groups in total.